The average molecular weight is 317 g/mol. The molecule has 2 heterocycles. The smallest absolute Gasteiger partial charge is 0.349 e. The topological polar surface area (TPSA) is 115 Å². The summed E-state index contributed by atoms with van der Waals surface area (Å²) < 4.78 is 5.01. The summed E-state index contributed by atoms with van der Waals surface area (Å²) in [6, 6.07) is 5.04. The number of carbonyl (C=O) groups excluding carboxylic acids is 1. The number of hydrogen-bond acceptors (Lipinski definition) is 7. The van der Waals surface area contributed by atoms with E-state index < -0.39 is 16.5 Å². The van der Waals surface area contributed by atoms with Gasteiger partial charge in [-0.05, 0) is 12.1 Å². The molecule has 0 radical (unpaired) electrons. The second-order valence-electron chi connectivity index (χ2n) is 4.22. The maximum absolute atomic E-state index is 12.1. The van der Waals surface area contributed by atoms with Crippen LogP contribution in [-0.2, 0) is 0 Å². The molecule has 0 spiro atoms. The molecule has 0 fully saturated rings. The summed E-state index contributed by atoms with van der Waals surface area (Å²) in [4.78, 5) is 38.0. The monoisotopic (exact) mass is 317 g/mol. The van der Waals surface area contributed by atoms with E-state index in [1.165, 1.54) is 41.8 Å². The lowest BCUT2D eigenvalue weighted by Crippen LogP contribution is -2.20. The van der Waals surface area contributed by atoms with E-state index in [9.17, 15) is 19.7 Å². The van der Waals surface area contributed by atoms with Crippen LogP contribution in [-0.4, -0.2) is 15.8 Å². The lowest BCUT2D eigenvalue weighted by molar-refractivity contribution is -0.384. The summed E-state index contributed by atoms with van der Waals surface area (Å²) in [5, 5.41) is 15.5. The molecule has 0 bridgehead atoms. The average Bonchev–Trinajstić information content (AvgIpc) is 2.98. The highest BCUT2D eigenvalue weighted by molar-refractivity contribution is 7.13. The summed E-state index contributed by atoms with van der Waals surface area (Å²) >= 11 is 1.20. The molecular weight excluding hydrogens is 310 g/mol. The predicted molar refractivity (Wildman–Crippen MR) is 79.2 cm³/mol. The van der Waals surface area contributed by atoms with Crippen molar-refractivity contribution >= 4 is 39.0 Å². The van der Waals surface area contributed by atoms with Gasteiger partial charge in [-0.1, -0.05) is 0 Å². The van der Waals surface area contributed by atoms with Gasteiger partial charge in [0.15, 0.2) is 5.13 Å². The van der Waals surface area contributed by atoms with Crippen molar-refractivity contribution in [2.45, 2.75) is 0 Å². The number of thiazole rings is 1. The number of amides is 1. The number of aromatic nitrogens is 1. The van der Waals surface area contributed by atoms with Crippen molar-refractivity contribution in [1.29, 1.82) is 0 Å². The number of nitro groups is 1. The van der Waals surface area contributed by atoms with Crippen LogP contribution in [0.5, 0.6) is 0 Å². The molecule has 0 unspecified atom stereocenters. The fraction of sp³-hybridized carbons (Fsp3) is 0. The van der Waals surface area contributed by atoms with E-state index in [1.54, 1.807) is 5.38 Å². The fourth-order valence-electron chi connectivity index (χ4n) is 1.83. The second-order valence-corrected chi connectivity index (χ2v) is 5.11. The number of benzene rings is 1. The number of nitrogens with zero attached hydrogens (tertiary/aromatic N) is 2. The third kappa shape index (κ3) is 2.56. The molecule has 22 heavy (non-hydrogen) atoms. The molecule has 0 saturated heterocycles. The molecule has 0 aliphatic heterocycles. The molecule has 3 rings (SSSR count). The van der Waals surface area contributed by atoms with Gasteiger partial charge in [0.25, 0.3) is 11.6 Å². The number of hydrogen-bond donors (Lipinski definition) is 1. The first kappa shape index (κ1) is 13.9. The first-order chi connectivity index (χ1) is 10.5. The minimum atomic E-state index is -0.824. The highest BCUT2D eigenvalue weighted by Crippen LogP contribution is 2.21. The number of fused-ring (bicyclic) bond motifs is 1. The zero-order valence-corrected chi connectivity index (χ0v) is 11.6. The summed E-state index contributed by atoms with van der Waals surface area (Å²) in [6.45, 7) is 0. The van der Waals surface area contributed by atoms with Crippen molar-refractivity contribution in [3.05, 3.63) is 61.9 Å². The van der Waals surface area contributed by atoms with Crippen LogP contribution in [0.4, 0.5) is 10.8 Å². The summed E-state index contributed by atoms with van der Waals surface area (Å²) in [5.74, 6) is -0.683. The Morgan fingerprint density at radius 3 is 2.86 bits per heavy atom. The minimum absolute atomic E-state index is 0.160. The summed E-state index contributed by atoms with van der Waals surface area (Å²) in [6.07, 6.45) is 1.51. The molecule has 1 aromatic carbocycles. The van der Waals surface area contributed by atoms with Gasteiger partial charge >= 0.3 is 5.63 Å². The Hall–Kier alpha value is -3.07. The number of carbonyl (C=O) groups is 1. The van der Waals surface area contributed by atoms with Gasteiger partial charge in [-0.2, -0.15) is 0 Å². The Labute approximate surface area is 126 Å². The van der Waals surface area contributed by atoms with Gasteiger partial charge < -0.3 is 4.42 Å². The quantitative estimate of drug-likeness (QED) is 0.450. The summed E-state index contributed by atoms with van der Waals surface area (Å²) in [5.41, 5.74) is -1.06. The highest BCUT2D eigenvalue weighted by atomic mass is 32.1. The third-order valence-corrected chi connectivity index (χ3v) is 3.51. The lowest BCUT2D eigenvalue weighted by atomic mass is 10.1. The molecule has 0 atom stereocenters. The van der Waals surface area contributed by atoms with Gasteiger partial charge in [0.1, 0.15) is 11.1 Å². The number of rotatable bonds is 3. The van der Waals surface area contributed by atoms with Crippen molar-refractivity contribution in [1.82, 2.24) is 4.98 Å². The largest absolute Gasteiger partial charge is 0.422 e. The zero-order valence-electron chi connectivity index (χ0n) is 10.8. The number of non-ortho nitro benzene ring substituents is 1. The van der Waals surface area contributed by atoms with Crippen LogP contribution in [0.3, 0.4) is 0 Å². The number of nitro benzene ring substituents is 1. The summed E-state index contributed by atoms with van der Waals surface area (Å²) in [7, 11) is 0. The molecule has 1 N–H and O–H groups in total. The Morgan fingerprint density at radius 1 is 1.36 bits per heavy atom. The van der Waals surface area contributed by atoms with E-state index in [-0.39, 0.29) is 22.2 Å². The molecule has 9 heteroatoms. The van der Waals surface area contributed by atoms with Gasteiger partial charge in [-0.15, -0.1) is 11.3 Å². The Morgan fingerprint density at radius 2 is 2.18 bits per heavy atom. The van der Waals surface area contributed by atoms with Gasteiger partial charge in [0, 0.05) is 29.1 Å². The lowest BCUT2D eigenvalue weighted by Gasteiger charge is -2.02. The molecule has 110 valence electrons. The van der Waals surface area contributed by atoms with Crippen LogP contribution in [0.1, 0.15) is 10.4 Å². The third-order valence-electron chi connectivity index (χ3n) is 2.82. The zero-order chi connectivity index (χ0) is 15.7. The Bertz CT molecular complexity index is 932. The molecule has 1 amide bonds. The molecule has 0 aliphatic rings. The van der Waals surface area contributed by atoms with Crippen LogP contribution in [0.25, 0.3) is 11.0 Å². The second kappa shape index (κ2) is 5.37. The molecule has 3 aromatic rings. The Balaban J connectivity index is 2.05. The van der Waals surface area contributed by atoms with Gasteiger partial charge in [-0.3, -0.25) is 20.2 Å². The molecule has 2 aromatic heterocycles. The van der Waals surface area contributed by atoms with E-state index in [2.05, 4.69) is 10.3 Å². The van der Waals surface area contributed by atoms with Crippen molar-refractivity contribution in [3.63, 3.8) is 0 Å². The predicted octanol–water partition coefficient (Wildman–Crippen LogP) is 2.41. The first-order valence-corrected chi connectivity index (χ1v) is 6.86. The fourth-order valence-corrected chi connectivity index (χ4v) is 2.36. The molecular formula is C13H7N3O5S. The normalized spacial score (nSPS) is 10.5. The van der Waals surface area contributed by atoms with E-state index in [0.29, 0.717) is 5.13 Å². The molecule has 8 nitrogen and oxygen atoms in total. The highest BCUT2D eigenvalue weighted by Gasteiger charge is 2.16. The number of anilines is 1. The first-order valence-electron chi connectivity index (χ1n) is 5.98. The van der Waals surface area contributed by atoms with Crippen LogP contribution >= 0.6 is 11.3 Å². The van der Waals surface area contributed by atoms with Crippen LogP contribution in [0.15, 0.2) is 45.1 Å². The van der Waals surface area contributed by atoms with Gasteiger partial charge in [0.2, 0.25) is 0 Å². The van der Waals surface area contributed by atoms with Crippen LogP contribution < -0.4 is 10.9 Å². The van der Waals surface area contributed by atoms with Crippen molar-refractivity contribution < 1.29 is 14.1 Å². The van der Waals surface area contributed by atoms with E-state index in [1.807, 2.05) is 0 Å². The molecule has 0 saturated carbocycles. The standard InChI is InChI=1S/C13H7N3O5S/c17-11(15-13-14-3-4-22-13)9-6-7-5-8(16(19)20)1-2-10(7)21-12(9)18/h1-6H,(H,14,15,17). The molecule has 0 aliphatic carbocycles. The van der Waals surface area contributed by atoms with Crippen LogP contribution in [0, 0.1) is 10.1 Å². The minimum Gasteiger partial charge on any atom is -0.422 e. The maximum Gasteiger partial charge on any atom is 0.349 e. The van der Waals surface area contributed by atoms with Crippen molar-refractivity contribution in [2.24, 2.45) is 0 Å². The van der Waals surface area contributed by atoms with E-state index in [0.717, 1.165) is 0 Å². The SMILES string of the molecule is O=C(Nc1nccs1)c1cc2cc([N+](=O)[O-])ccc2oc1=O. The van der Waals surface area contributed by atoms with Gasteiger partial charge in [-0.25, -0.2) is 9.78 Å². The van der Waals surface area contributed by atoms with E-state index >= 15 is 0 Å². The van der Waals surface area contributed by atoms with Gasteiger partial charge in [0.05, 0.1) is 4.92 Å². The van der Waals surface area contributed by atoms with Crippen molar-refractivity contribution in [2.75, 3.05) is 5.32 Å². The number of nitrogens with one attached hydrogen (secondary N) is 1. The van der Waals surface area contributed by atoms with Crippen LogP contribution in [0.2, 0.25) is 0 Å². The van der Waals surface area contributed by atoms with E-state index in [4.69, 9.17) is 4.42 Å². The Kier molecular flexibility index (Phi) is 3.39. The van der Waals surface area contributed by atoms with Crippen molar-refractivity contribution in [3.8, 4) is 0 Å². The maximum atomic E-state index is 12.1.